The van der Waals surface area contributed by atoms with Crippen LogP contribution in [0.25, 0.3) is 0 Å². The summed E-state index contributed by atoms with van der Waals surface area (Å²) >= 11 is 1.88. The average Bonchev–Trinajstić information content (AvgIpc) is 3.35. The molecule has 1 aliphatic carbocycles. The molecule has 0 bridgehead atoms. The van der Waals surface area contributed by atoms with Crippen molar-refractivity contribution in [3.8, 4) is 0 Å². The Morgan fingerprint density at radius 1 is 1.31 bits per heavy atom. The molecule has 0 spiro atoms. The number of hydrogen-bond donors (Lipinski definition) is 2. The molecule has 0 radical (unpaired) electrons. The van der Waals surface area contributed by atoms with Crippen LogP contribution in [0, 0.1) is 0 Å². The van der Waals surface area contributed by atoms with E-state index in [1.54, 1.807) is 0 Å². The Kier molecular flexibility index (Phi) is 8.40. The second-order valence-electron chi connectivity index (χ2n) is 6.74. The second kappa shape index (κ2) is 10.3. The van der Waals surface area contributed by atoms with Crippen molar-refractivity contribution in [2.45, 2.75) is 57.4 Å². The van der Waals surface area contributed by atoms with E-state index in [4.69, 9.17) is 4.52 Å². The fourth-order valence-corrected chi connectivity index (χ4v) is 4.56. The molecule has 1 fully saturated rings. The molecule has 7 heteroatoms. The summed E-state index contributed by atoms with van der Waals surface area (Å²) < 4.78 is 5.33. The number of nitrogens with one attached hydrogen (secondary N) is 2. The molecular formula is C19H29IN4OS. The SMILES string of the molecule is CCc1cc(CNC(=NC)NCC2(c3cccs3)CCCCC2)on1.I. The molecule has 144 valence electrons. The van der Waals surface area contributed by atoms with Gasteiger partial charge in [-0.05, 0) is 30.7 Å². The Bertz CT molecular complexity index is 678. The summed E-state index contributed by atoms with van der Waals surface area (Å²) in [5.74, 6) is 1.65. The maximum atomic E-state index is 5.33. The number of aromatic nitrogens is 1. The number of aliphatic imine (C=N–C) groups is 1. The molecule has 3 rings (SSSR count). The first kappa shape index (κ1) is 21.2. The van der Waals surface area contributed by atoms with Crippen LogP contribution in [0.2, 0.25) is 0 Å². The van der Waals surface area contributed by atoms with Crippen molar-refractivity contribution in [1.29, 1.82) is 0 Å². The summed E-state index contributed by atoms with van der Waals surface area (Å²) in [5, 5.41) is 13.1. The first-order chi connectivity index (χ1) is 12.3. The van der Waals surface area contributed by atoms with Crippen LogP contribution < -0.4 is 10.6 Å². The Labute approximate surface area is 177 Å². The van der Waals surface area contributed by atoms with Crippen LogP contribution in [0.4, 0.5) is 0 Å². The highest BCUT2D eigenvalue weighted by Crippen LogP contribution is 2.41. The predicted octanol–water partition coefficient (Wildman–Crippen LogP) is 4.48. The summed E-state index contributed by atoms with van der Waals surface area (Å²) in [5.41, 5.74) is 1.23. The van der Waals surface area contributed by atoms with Gasteiger partial charge in [0.2, 0.25) is 0 Å². The number of hydrogen-bond acceptors (Lipinski definition) is 4. The normalized spacial score (nSPS) is 16.8. The number of nitrogens with zero attached hydrogens (tertiary/aromatic N) is 2. The summed E-state index contributed by atoms with van der Waals surface area (Å²) in [6, 6.07) is 6.45. The predicted molar refractivity (Wildman–Crippen MR) is 119 cm³/mol. The molecule has 2 N–H and O–H groups in total. The van der Waals surface area contributed by atoms with Crippen molar-refractivity contribution in [1.82, 2.24) is 15.8 Å². The summed E-state index contributed by atoms with van der Waals surface area (Å²) in [4.78, 5) is 5.86. The third-order valence-corrected chi connectivity index (χ3v) is 6.19. The zero-order chi connectivity index (χ0) is 17.5. The van der Waals surface area contributed by atoms with Crippen molar-refractivity contribution in [3.05, 3.63) is 39.9 Å². The topological polar surface area (TPSA) is 62.5 Å². The lowest BCUT2D eigenvalue weighted by molar-refractivity contribution is 0.296. The summed E-state index contributed by atoms with van der Waals surface area (Å²) in [6.45, 7) is 3.59. The fraction of sp³-hybridized carbons (Fsp3) is 0.579. The van der Waals surface area contributed by atoms with Gasteiger partial charge >= 0.3 is 0 Å². The molecule has 0 saturated heterocycles. The molecular weight excluding hydrogens is 459 g/mol. The first-order valence-corrected chi connectivity index (χ1v) is 10.1. The van der Waals surface area contributed by atoms with E-state index >= 15 is 0 Å². The standard InChI is InChI=1S/C19H28N4OS.HI/c1-3-15-12-16(24-23-15)13-21-18(20-2)22-14-19(9-5-4-6-10-19)17-8-7-11-25-17;/h7-8,11-12H,3-6,9-10,13-14H2,1-2H3,(H2,20,21,22);1H. The minimum Gasteiger partial charge on any atom is -0.359 e. The molecule has 2 aromatic heterocycles. The van der Waals surface area contributed by atoms with Gasteiger partial charge in [-0.1, -0.05) is 37.4 Å². The van der Waals surface area contributed by atoms with Gasteiger partial charge in [-0.15, -0.1) is 35.3 Å². The Morgan fingerprint density at radius 2 is 2.12 bits per heavy atom. The third-order valence-electron chi connectivity index (χ3n) is 5.07. The first-order valence-electron chi connectivity index (χ1n) is 9.19. The van der Waals surface area contributed by atoms with Crippen molar-refractivity contribution >= 4 is 41.3 Å². The maximum absolute atomic E-state index is 5.33. The van der Waals surface area contributed by atoms with E-state index in [1.165, 1.54) is 37.0 Å². The molecule has 0 atom stereocenters. The van der Waals surface area contributed by atoms with E-state index in [1.807, 2.05) is 24.5 Å². The van der Waals surface area contributed by atoms with Gasteiger partial charge in [0, 0.05) is 30.0 Å². The van der Waals surface area contributed by atoms with E-state index in [0.29, 0.717) is 6.54 Å². The van der Waals surface area contributed by atoms with Crippen LogP contribution in [0.15, 0.2) is 33.1 Å². The van der Waals surface area contributed by atoms with Crippen LogP contribution in [0.5, 0.6) is 0 Å². The zero-order valence-electron chi connectivity index (χ0n) is 15.6. The van der Waals surface area contributed by atoms with Crippen LogP contribution in [0.3, 0.4) is 0 Å². The second-order valence-corrected chi connectivity index (χ2v) is 7.68. The highest BCUT2D eigenvalue weighted by atomic mass is 127. The van der Waals surface area contributed by atoms with Gasteiger partial charge in [-0.25, -0.2) is 0 Å². The van der Waals surface area contributed by atoms with Crippen LogP contribution >= 0.6 is 35.3 Å². The molecule has 0 unspecified atom stereocenters. The van der Waals surface area contributed by atoms with E-state index in [-0.39, 0.29) is 29.4 Å². The minimum atomic E-state index is 0. The number of halogens is 1. The monoisotopic (exact) mass is 488 g/mol. The van der Waals surface area contributed by atoms with Gasteiger partial charge < -0.3 is 15.2 Å². The van der Waals surface area contributed by atoms with Gasteiger partial charge in [-0.2, -0.15) is 0 Å². The molecule has 1 saturated carbocycles. The summed E-state index contributed by atoms with van der Waals surface area (Å²) in [7, 11) is 1.81. The maximum Gasteiger partial charge on any atom is 0.191 e. The molecule has 0 amide bonds. The van der Waals surface area contributed by atoms with Gasteiger partial charge in [0.25, 0.3) is 0 Å². The Hall–Kier alpha value is -1.09. The number of aryl methyl sites for hydroxylation is 1. The third kappa shape index (κ3) is 5.22. The highest BCUT2D eigenvalue weighted by Gasteiger charge is 2.34. The number of thiophene rings is 1. The van der Waals surface area contributed by atoms with Crippen molar-refractivity contribution in [3.63, 3.8) is 0 Å². The molecule has 2 aromatic rings. The average molecular weight is 488 g/mol. The smallest absolute Gasteiger partial charge is 0.191 e. The lowest BCUT2D eigenvalue weighted by atomic mass is 9.73. The fourth-order valence-electron chi connectivity index (χ4n) is 3.57. The number of guanidine groups is 1. The summed E-state index contributed by atoms with van der Waals surface area (Å²) in [6.07, 6.45) is 7.36. The lowest BCUT2D eigenvalue weighted by Gasteiger charge is -2.37. The molecule has 2 heterocycles. The minimum absolute atomic E-state index is 0. The van der Waals surface area contributed by atoms with Gasteiger partial charge in [0.05, 0.1) is 12.2 Å². The van der Waals surface area contributed by atoms with E-state index in [9.17, 15) is 0 Å². The Morgan fingerprint density at radius 3 is 2.73 bits per heavy atom. The van der Waals surface area contributed by atoms with E-state index in [0.717, 1.165) is 30.4 Å². The molecule has 26 heavy (non-hydrogen) atoms. The molecule has 1 aliphatic rings. The van der Waals surface area contributed by atoms with Gasteiger partial charge in [-0.3, -0.25) is 4.99 Å². The lowest BCUT2D eigenvalue weighted by Crippen LogP contribution is -2.46. The Balaban J connectivity index is 0.00000243. The van der Waals surface area contributed by atoms with Crippen LogP contribution in [-0.2, 0) is 18.4 Å². The largest absolute Gasteiger partial charge is 0.359 e. The van der Waals surface area contributed by atoms with Crippen molar-refractivity contribution in [2.24, 2.45) is 4.99 Å². The van der Waals surface area contributed by atoms with Gasteiger partial charge in [0.15, 0.2) is 11.7 Å². The molecule has 0 aliphatic heterocycles. The quantitative estimate of drug-likeness (QED) is 0.358. The van der Waals surface area contributed by atoms with Crippen molar-refractivity contribution < 1.29 is 4.52 Å². The molecule has 5 nitrogen and oxygen atoms in total. The van der Waals surface area contributed by atoms with E-state index < -0.39 is 0 Å². The highest BCUT2D eigenvalue weighted by molar-refractivity contribution is 14.0. The van der Waals surface area contributed by atoms with Gasteiger partial charge in [0.1, 0.15) is 0 Å². The number of rotatable bonds is 6. The van der Waals surface area contributed by atoms with Crippen LogP contribution in [0.1, 0.15) is 55.4 Å². The molecule has 0 aromatic carbocycles. The van der Waals surface area contributed by atoms with Crippen LogP contribution in [-0.4, -0.2) is 24.7 Å². The van der Waals surface area contributed by atoms with E-state index in [2.05, 4.69) is 45.2 Å². The van der Waals surface area contributed by atoms with Crippen molar-refractivity contribution in [2.75, 3.05) is 13.6 Å². The zero-order valence-corrected chi connectivity index (χ0v) is 18.7.